The molecule has 20 heavy (non-hydrogen) atoms. The van der Waals surface area contributed by atoms with Gasteiger partial charge in [0.05, 0.1) is 0 Å². The second-order valence-electron chi connectivity index (χ2n) is 3.89. The third-order valence-corrected chi connectivity index (χ3v) is 27.7. The van der Waals surface area contributed by atoms with Gasteiger partial charge in [-0.1, -0.05) is 0 Å². The molecule has 5 nitrogen and oxygen atoms in total. The van der Waals surface area contributed by atoms with E-state index in [4.69, 9.17) is 5.11 Å². The molecule has 2 unspecified atom stereocenters. The maximum absolute atomic E-state index is 10.8. The van der Waals surface area contributed by atoms with Gasteiger partial charge >= 0.3 is 120 Å². The average Bonchev–Trinajstić information content (AvgIpc) is 2.42. The van der Waals surface area contributed by atoms with Crippen LogP contribution in [0.1, 0.15) is 6.92 Å². The molecule has 0 amide bonds. The van der Waals surface area contributed by atoms with E-state index in [9.17, 15) is 15.2 Å². The first-order valence-electron chi connectivity index (χ1n) is 6.12. The Morgan fingerprint density at radius 3 is 2.40 bits per heavy atom. The molecule has 2 N–H and O–H groups in total. The van der Waals surface area contributed by atoms with Crippen molar-refractivity contribution in [1.29, 1.82) is 0 Å². The van der Waals surface area contributed by atoms with Crippen LogP contribution in [-0.2, 0) is 0 Å². The van der Waals surface area contributed by atoms with Crippen LogP contribution >= 0.6 is 12.4 Å². The van der Waals surface area contributed by atoms with Crippen LogP contribution in [-0.4, -0.2) is 53.5 Å². The number of nitro benzene ring substituents is 1. The van der Waals surface area contributed by atoms with Gasteiger partial charge < -0.3 is 0 Å². The van der Waals surface area contributed by atoms with Crippen molar-refractivity contribution in [2.45, 2.75) is 22.5 Å². The molecule has 1 aromatic carbocycles. The Balaban J connectivity index is 0.00000361. The summed E-state index contributed by atoms with van der Waals surface area (Å²) in [5, 5.41) is 32.0. The number of nitro groups is 1. The molecule has 2 atom stereocenters. The Labute approximate surface area is 132 Å². The number of benzene rings is 1. The van der Waals surface area contributed by atoms with Crippen molar-refractivity contribution in [3.05, 3.63) is 34.4 Å². The van der Waals surface area contributed by atoms with Crippen LogP contribution in [0.3, 0.4) is 0 Å². The average molecular weight is 428 g/mol. The van der Waals surface area contributed by atoms with Crippen molar-refractivity contribution < 1.29 is 15.1 Å². The largest absolute Gasteiger partial charge is 0.147 e. The normalized spacial score (nSPS) is 13.3. The molecule has 0 bridgehead atoms. The quantitative estimate of drug-likeness (QED) is 0.372. The number of aliphatic hydroxyl groups is 2. The van der Waals surface area contributed by atoms with Gasteiger partial charge in [0.15, 0.2) is 0 Å². The van der Waals surface area contributed by atoms with Gasteiger partial charge in [-0.15, -0.1) is 12.4 Å². The fourth-order valence-electron chi connectivity index (χ4n) is 1.86. The summed E-state index contributed by atoms with van der Waals surface area (Å²) in [7, 11) is 0. The molecule has 0 spiro atoms. The monoisotopic (exact) mass is 427 g/mol. The van der Waals surface area contributed by atoms with E-state index < -0.39 is 25.2 Å². The number of rotatable bonds is 8. The number of hydrogen-bond donors (Lipinski definition) is 2. The van der Waals surface area contributed by atoms with Crippen LogP contribution in [0.4, 0.5) is 5.69 Å². The van der Waals surface area contributed by atoms with Gasteiger partial charge in [-0.25, -0.2) is 0 Å². The first-order chi connectivity index (χ1) is 9.13. The van der Waals surface area contributed by atoms with Crippen molar-refractivity contribution >= 4 is 47.6 Å². The number of nitrogens with zero attached hydrogens (tertiary/aromatic N) is 1. The summed E-state index contributed by atoms with van der Waals surface area (Å²) in [6, 6.07) is 6.86. The molecule has 0 aliphatic heterocycles. The topological polar surface area (TPSA) is 83.6 Å². The minimum absolute atomic E-state index is 0. The van der Waals surface area contributed by atoms with Crippen LogP contribution in [0.25, 0.3) is 0 Å². The predicted molar refractivity (Wildman–Crippen MR) is 85.8 cm³/mol. The van der Waals surface area contributed by atoms with Crippen molar-refractivity contribution in [1.82, 2.24) is 0 Å². The minimum atomic E-state index is -1.44. The molecule has 1 aromatic rings. The van der Waals surface area contributed by atoms with Gasteiger partial charge in [-0.2, -0.15) is 0 Å². The summed E-state index contributed by atoms with van der Waals surface area (Å²) < 4.78 is 1.08. The van der Waals surface area contributed by atoms with E-state index in [2.05, 4.69) is 6.92 Å². The molecular weight excluding hydrogens is 407 g/mol. The molecule has 0 heterocycles. The third kappa shape index (κ3) is 5.75. The molecule has 0 aliphatic rings. The van der Waals surface area contributed by atoms with Crippen molar-refractivity contribution in [2.24, 2.45) is 0 Å². The zero-order valence-corrected chi connectivity index (χ0v) is 15.9. The molecule has 0 aromatic heterocycles. The van der Waals surface area contributed by atoms with Gasteiger partial charge in [0.1, 0.15) is 0 Å². The van der Waals surface area contributed by atoms with E-state index >= 15 is 0 Å². The maximum atomic E-state index is 10.8. The van der Waals surface area contributed by atoms with Gasteiger partial charge in [-0.3, -0.25) is 0 Å². The molecule has 114 valence electrons. The van der Waals surface area contributed by atoms with Crippen molar-refractivity contribution in [2.75, 3.05) is 13.2 Å². The SMILES string of the molecule is CC[As](CCO)[As](CCO)c1cccc([N+](=O)[O-])c1.Cl. The van der Waals surface area contributed by atoms with Crippen molar-refractivity contribution in [3.8, 4) is 0 Å². The van der Waals surface area contributed by atoms with Crippen LogP contribution in [0.15, 0.2) is 24.3 Å². The number of aliphatic hydroxyl groups excluding tert-OH is 2. The summed E-state index contributed by atoms with van der Waals surface area (Å²) in [4.78, 5) is 10.5. The molecule has 0 radical (unpaired) electrons. The van der Waals surface area contributed by atoms with Crippen LogP contribution in [0, 0.1) is 10.1 Å². The zero-order chi connectivity index (χ0) is 14.3. The molecule has 0 fully saturated rings. The van der Waals surface area contributed by atoms with E-state index in [1.807, 2.05) is 6.07 Å². The van der Waals surface area contributed by atoms with E-state index in [0.29, 0.717) is 0 Å². The number of non-ortho nitro benzene ring substituents is 1. The van der Waals surface area contributed by atoms with E-state index in [1.54, 1.807) is 12.1 Å². The molecular formula is C12H20As2ClNO4. The predicted octanol–water partition coefficient (Wildman–Crippen LogP) is 1.30. The fourth-order valence-corrected chi connectivity index (χ4v) is 23.9. The molecule has 8 heteroatoms. The summed E-state index contributed by atoms with van der Waals surface area (Å²) in [6.45, 7) is 2.46. The van der Waals surface area contributed by atoms with E-state index in [0.717, 1.165) is 20.0 Å². The Hall–Kier alpha value is -0.0531. The van der Waals surface area contributed by atoms with Gasteiger partial charge in [0.25, 0.3) is 0 Å². The van der Waals surface area contributed by atoms with Crippen LogP contribution in [0.2, 0.25) is 15.6 Å². The molecule has 1 rings (SSSR count). The molecule has 0 saturated carbocycles. The van der Waals surface area contributed by atoms with E-state index in [-0.39, 0.29) is 36.2 Å². The Kier molecular flexibility index (Phi) is 10.6. The van der Waals surface area contributed by atoms with Gasteiger partial charge in [-0.05, 0) is 0 Å². The molecule has 0 saturated heterocycles. The summed E-state index contributed by atoms with van der Waals surface area (Å²) >= 11 is -2.63. The third-order valence-electron chi connectivity index (χ3n) is 2.71. The van der Waals surface area contributed by atoms with E-state index in [1.165, 1.54) is 6.07 Å². The number of halogens is 1. The zero-order valence-electron chi connectivity index (χ0n) is 11.3. The summed E-state index contributed by atoms with van der Waals surface area (Å²) in [5.41, 5.74) is 0.129. The standard InChI is InChI=1S/C12H19As2NO4.ClH/c1-2-13(6-8-16)14(7-9-17)11-4-3-5-12(10-11)15(18)19;/h3-5,10,16-17H,2,6-9H2,1H3;1H. The van der Waals surface area contributed by atoms with Crippen molar-refractivity contribution in [3.63, 3.8) is 0 Å². The fraction of sp³-hybridized carbons (Fsp3) is 0.500. The molecule has 0 aliphatic carbocycles. The summed E-state index contributed by atoms with van der Waals surface area (Å²) in [5.74, 6) is 0. The first-order valence-corrected chi connectivity index (χ1v) is 16.2. The van der Waals surface area contributed by atoms with Crippen LogP contribution in [0.5, 0.6) is 0 Å². The number of hydrogen-bond acceptors (Lipinski definition) is 4. The Morgan fingerprint density at radius 1 is 1.25 bits per heavy atom. The van der Waals surface area contributed by atoms with Gasteiger partial charge in [0.2, 0.25) is 0 Å². The second kappa shape index (κ2) is 10.6. The van der Waals surface area contributed by atoms with Gasteiger partial charge in [0, 0.05) is 0 Å². The smallest absolute Gasteiger partial charge is 0.147 e. The first kappa shape index (κ1) is 19.9. The Morgan fingerprint density at radius 2 is 1.90 bits per heavy atom. The second-order valence-corrected chi connectivity index (χ2v) is 23.4. The Bertz CT molecular complexity index is 422. The summed E-state index contributed by atoms with van der Waals surface area (Å²) in [6.07, 6.45) is 0. The van der Waals surface area contributed by atoms with Crippen LogP contribution < -0.4 is 4.35 Å². The maximum Gasteiger partial charge on any atom is -0.147 e. The minimum Gasteiger partial charge on any atom is -0.147 e.